The molecule has 1 fully saturated rings. The number of rotatable bonds is 4. The minimum atomic E-state index is -0.345. The van der Waals surface area contributed by atoms with E-state index in [1.165, 1.54) is 6.07 Å². The Morgan fingerprint density at radius 1 is 1.08 bits per heavy atom. The van der Waals surface area contributed by atoms with Gasteiger partial charge in [-0.15, -0.1) is 15.3 Å². The Hall–Kier alpha value is -2.58. The third-order valence-electron chi connectivity index (χ3n) is 4.72. The number of hydrogen-bond donors (Lipinski definition) is 3. The Morgan fingerprint density at radius 3 is 2.60 bits per heavy atom. The van der Waals surface area contributed by atoms with E-state index in [4.69, 9.17) is 0 Å². The second-order valence-electron chi connectivity index (χ2n) is 6.40. The summed E-state index contributed by atoms with van der Waals surface area (Å²) in [6, 6.07) is 10.9. The van der Waals surface area contributed by atoms with E-state index >= 15 is 0 Å². The van der Waals surface area contributed by atoms with Gasteiger partial charge in [0.25, 0.3) is 0 Å². The standard InChI is InChI=1S/C17H20FN7/c1-10-13(11(2)21-20-10)9-19-15-7-8-16-22-23-17(25(16)24-15)12-5-3-4-6-14(12)18/h3-8,10-11,13,20-21H,9H2,1-2H3,(H,19,24). The molecule has 3 N–H and O–H groups in total. The van der Waals surface area contributed by atoms with Gasteiger partial charge in [0.05, 0.1) is 5.56 Å². The fraction of sp³-hybridized carbons (Fsp3) is 0.353. The van der Waals surface area contributed by atoms with Crippen LogP contribution in [0.1, 0.15) is 13.8 Å². The molecule has 7 nitrogen and oxygen atoms in total. The van der Waals surface area contributed by atoms with E-state index in [9.17, 15) is 4.39 Å². The van der Waals surface area contributed by atoms with E-state index in [1.54, 1.807) is 22.7 Å². The third kappa shape index (κ3) is 2.94. The first kappa shape index (κ1) is 15.9. The maximum absolute atomic E-state index is 14.1. The average Bonchev–Trinajstić information content (AvgIpc) is 3.17. The number of nitrogens with one attached hydrogen (secondary N) is 3. The van der Waals surface area contributed by atoms with Crippen LogP contribution >= 0.6 is 0 Å². The van der Waals surface area contributed by atoms with Crippen LogP contribution in [0.5, 0.6) is 0 Å². The highest BCUT2D eigenvalue weighted by Crippen LogP contribution is 2.21. The van der Waals surface area contributed by atoms with Crippen LogP contribution in [0.4, 0.5) is 10.2 Å². The van der Waals surface area contributed by atoms with Gasteiger partial charge in [0.1, 0.15) is 11.6 Å². The molecule has 0 spiro atoms. The maximum Gasteiger partial charge on any atom is 0.188 e. The second-order valence-corrected chi connectivity index (χ2v) is 6.40. The second kappa shape index (κ2) is 6.38. The van der Waals surface area contributed by atoms with Gasteiger partial charge < -0.3 is 5.32 Å². The lowest BCUT2D eigenvalue weighted by atomic mass is 9.97. The molecule has 0 aliphatic carbocycles. The van der Waals surface area contributed by atoms with Gasteiger partial charge in [-0.3, -0.25) is 10.9 Å². The highest BCUT2D eigenvalue weighted by atomic mass is 19.1. The lowest BCUT2D eigenvalue weighted by Crippen LogP contribution is -2.30. The van der Waals surface area contributed by atoms with Crippen LogP contribution in [-0.4, -0.2) is 38.4 Å². The number of nitrogens with zero attached hydrogens (tertiary/aromatic N) is 4. The molecule has 25 heavy (non-hydrogen) atoms. The molecule has 1 aliphatic rings. The van der Waals surface area contributed by atoms with E-state index in [1.807, 2.05) is 12.1 Å². The molecule has 3 aromatic rings. The zero-order valence-corrected chi connectivity index (χ0v) is 14.1. The molecule has 2 unspecified atom stereocenters. The van der Waals surface area contributed by atoms with Crippen LogP contribution in [-0.2, 0) is 0 Å². The van der Waals surface area contributed by atoms with Crippen molar-refractivity contribution in [1.29, 1.82) is 0 Å². The first-order chi connectivity index (χ1) is 12.1. The Balaban J connectivity index is 1.62. The van der Waals surface area contributed by atoms with E-state index in [2.05, 4.69) is 45.3 Å². The Morgan fingerprint density at radius 2 is 1.84 bits per heavy atom. The van der Waals surface area contributed by atoms with E-state index in [-0.39, 0.29) is 5.82 Å². The summed E-state index contributed by atoms with van der Waals surface area (Å²) in [5.41, 5.74) is 7.44. The Kier molecular flexibility index (Phi) is 4.06. The molecular weight excluding hydrogens is 321 g/mol. The fourth-order valence-corrected chi connectivity index (χ4v) is 3.18. The predicted octanol–water partition coefficient (Wildman–Crippen LogP) is 1.84. The first-order valence-electron chi connectivity index (χ1n) is 8.36. The first-order valence-corrected chi connectivity index (χ1v) is 8.36. The van der Waals surface area contributed by atoms with Gasteiger partial charge in [-0.25, -0.2) is 4.39 Å². The maximum atomic E-state index is 14.1. The quantitative estimate of drug-likeness (QED) is 0.672. The molecule has 1 aliphatic heterocycles. The summed E-state index contributed by atoms with van der Waals surface area (Å²) in [5, 5.41) is 16.1. The van der Waals surface area contributed by atoms with Gasteiger partial charge in [0.15, 0.2) is 11.5 Å². The Bertz CT molecular complexity index is 884. The van der Waals surface area contributed by atoms with Crippen molar-refractivity contribution in [3.63, 3.8) is 0 Å². The monoisotopic (exact) mass is 341 g/mol. The number of aromatic nitrogens is 4. The number of hydrazine groups is 1. The van der Waals surface area contributed by atoms with Gasteiger partial charge in [-0.1, -0.05) is 12.1 Å². The molecular formula is C17H20FN7. The number of hydrogen-bond acceptors (Lipinski definition) is 6. The smallest absolute Gasteiger partial charge is 0.188 e. The summed E-state index contributed by atoms with van der Waals surface area (Å²) >= 11 is 0. The van der Waals surface area contributed by atoms with Gasteiger partial charge in [0, 0.05) is 24.5 Å². The van der Waals surface area contributed by atoms with Crippen molar-refractivity contribution in [1.82, 2.24) is 30.7 Å². The molecule has 130 valence electrons. The van der Waals surface area contributed by atoms with Crippen molar-refractivity contribution in [2.45, 2.75) is 25.9 Å². The van der Waals surface area contributed by atoms with Gasteiger partial charge in [-0.2, -0.15) is 4.52 Å². The van der Waals surface area contributed by atoms with E-state index in [0.29, 0.717) is 40.9 Å². The summed E-state index contributed by atoms with van der Waals surface area (Å²) in [4.78, 5) is 0. The highest BCUT2D eigenvalue weighted by Gasteiger charge is 2.29. The molecule has 0 saturated carbocycles. The zero-order chi connectivity index (χ0) is 17.4. The van der Waals surface area contributed by atoms with Gasteiger partial charge in [0.2, 0.25) is 0 Å². The number of halogens is 1. The van der Waals surface area contributed by atoms with Crippen molar-refractivity contribution in [2.24, 2.45) is 5.92 Å². The minimum absolute atomic E-state index is 0.345. The normalized spacial score (nSPS) is 23.2. The molecule has 2 aromatic heterocycles. The molecule has 0 bridgehead atoms. The lowest BCUT2D eigenvalue weighted by Gasteiger charge is -2.18. The molecule has 3 heterocycles. The van der Waals surface area contributed by atoms with Crippen LogP contribution in [0.2, 0.25) is 0 Å². The Labute approximate surface area is 144 Å². The van der Waals surface area contributed by atoms with E-state index in [0.717, 1.165) is 6.54 Å². The summed E-state index contributed by atoms with van der Waals surface area (Å²) in [6.45, 7) is 5.07. The van der Waals surface area contributed by atoms with Crippen LogP contribution in [0.15, 0.2) is 36.4 Å². The SMILES string of the molecule is CC1NNC(C)C1CNc1ccc2nnc(-c3ccccc3F)n2n1. The van der Waals surface area contributed by atoms with Crippen molar-refractivity contribution in [2.75, 3.05) is 11.9 Å². The molecule has 4 rings (SSSR count). The zero-order valence-electron chi connectivity index (χ0n) is 14.1. The fourth-order valence-electron chi connectivity index (χ4n) is 3.18. The largest absolute Gasteiger partial charge is 0.368 e. The summed E-state index contributed by atoms with van der Waals surface area (Å²) in [6.07, 6.45) is 0. The number of anilines is 1. The molecule has 8 heteroatoms. The van der Waals surface area contributed by atoms with Crippen LogP contribution < -0.4 is 16.2 Å². The van der Waals surface area contributed by atoms with Crippen molar-refractivity contribution >= 4 is 11.5 Å². The topological polar surface area (TPSA) is 79.2 Å². The summed E-state index contributed by atoms with van der Waals surface area (Å²) < 4.78 is 15.6. The lowest BCUT2D eigenvalue weighted by molar-refractivity contribution is 0.466. The highest BCUT2D eigenvalue weighted by molar-refractivity contribution is 5.60. The third-order valence-corrected chi connectivity index (χ3v) is 4.72. The van der Waals surface area contributed by atoms with Crippen molar-refractivity contribution < 1.29 is 4.39 Å². The predicted molar refractivity (Wildman–Crippen MR) is 93.4 cm³/mol. The summed E-state index contributed by atoms with van der Waals surface area (Å²) in [7, 11) is 0. The molecule has 0 amide bonds. The van der Waals surface area contributed by atoms with Crippen LogP contribution in [0.25, 0.3) is 17.0 Å². The van der Waals surface area contributed by atoms with Gasteiger partial charge >= 0.3 is 0 Å². The van der Waals surface area contributed by atoms with E-state index < -0.39 is 0 Å². The minimum Gasteiger partial charge on any atom is -0.368 e. The molecule has 1 saturated heterocycles. The van der Waals surface area contributed by atoms with Crippen molar-refractivity contribution in [3.05, 3.63) is 42.2 Å². The summed E-state index contributed by atoms with van der Waals surface area (Å²) in [5.74, 6) is 1.19. The molecule has 0 radical (unpaired) electrons. The number of benzene rings is 1. The van der Waals surface area contributed by atoms with Crippen LogP contribution in [0, 0.1) is 11.7 Å². The van der Waals surface area contributed by atoms with Gasteiger partial charge in [-0.05, 0) is 38.1 Å². The van der Waals surface area contributed by atoms with Crippen LogP contribution in [0.3, 0.4) is 0 Å². The van der Waals surface area contributed by atoms with Crippen molar-refractivity contribution in [3.8, 4) is 11.4 Å². The molecule has 2 atom stereocenters. The average molecular weight is 341 g/mol. The molecule has 1 aromatic carbocycles. The number of fused-ring (bicyclic) bond motifs is 1.